The molecule has 0 spiro atoms. The van der Waals surface area contributed by atoms with E-state index in [1.807, 2.05) is 0 Å². The molecule has 1 aliphatic carbocycles. The predicted octanol–water partition coefficient (Wildman–Crippen LogP) is 2.20. The summed E-state index contributed by atoms with van der Waals surface area (Å²) < 4.78 is 0. The minimum atomic E-state index is 0.434. The van der Waals surface area contributed by atoms with Crippen LogP contribution in [-0.2, 0) is 0 Å². The highest BCUT2D eigenvalue weighted by Gasteiger charge is 2.20. The van der Waals surface area contributed by atoms with E-state index in [-0.39, 0.29) is 0 Å². The van der Waals surface area contributed by atoms with Crippen LogP contribution >= 0.6 is 0 Å². The summed E-state index contributed by atoms with van der Waals surface area (Å²) in [4.78, 5) is 0. The van der Waals surface area contributed by atoms with Crippen LogP contribution in [0.5, 0.6) is 0 Å². The summed E-state index contributed by atoms with van der Waals surface area (Å²) >= 11 is 0. The van der Waals surface area contributed by atoms with E-state index in [9.17, 15) is 0 Å². The molecule has 0 radical (unpaired) electrons. The molecule has 0 aliphatic heterocycles. The fourth-order valence-corrected chi connectivity index (χ4v) is 2.41. The summed E-state index contributed by atoms with van der Waals surface area (Å²) in [5.41, 5.74) is 2.94. The third-order valence-corrected chi connectivity index (χ3v) is 3.28. The maximum absolute atomic E-state index is 5.58. The van der Waals surface area contributed by atoms with Crippen LogP contribution in [0.25, 0.3) is 0 Å². The summed E-state index contributed by atoms with van der Waals surface area (Å²) in [5, 5.41) is 0. The minimum absolute atomic E-state index is 0.434. The van der Waals surface area contributed by atoms with Gasteiger partial charge in [-0.15, -0.1) is 12.3 Å². The third-order valence-electron chi connectivity index (χ3n) is 3.28. The standard InChI is InChI=1S/C12H22N2/c1-2-3-10-12(14-13)11-8-6-4-5-7-9-11/h1,11-12,14H,3-10,13H2. The van der Waals surface area contributed by atoms with Crippen LogP contribution in [0.15, 0.2) is 0 Å². The van der Waals surface area contributed by atoms with E-state index in [0.717, 1.165) is 18.8 Å². The lowest BCUT2D eigenvalue weighted by atomic mass is 9.89. The van der Waals surface area contributed by atoms with Crippen LogP contribution in [-0.4, -0.2) is 6.04 Å². The van der Waals surface area contributed by atoms with E-state index >= 15 is 0 Å². The van der Waals surface area contributed by atoms with Crippen molar-refractivity contribution in [1.29, 1.82) is 0 Å². The molecule has 1 atom stereocenters. The maximum Gasteiger partial charge on any atom is 0.0247 e. The zero-order chi connectivity index (χ0) is 10.2. The lowest BCUT2D eigenvalue weighted by Gasteiger charge is -2.24. The molecule has 2 nitrogen and oxygen atoms in total. The van der Waals surface area contributed by atoms with Crippen LogP contribution in [0.4, 0.5) is 0 Å². The first-order chi connectivity index (χ1) is 6.88. The average molecular weight is 194 g/mol. The van der Waals surface area contributed by atoms with E-state index in [0.29, 0.717) is 6.04 Å². The minimum Gasteiger partial charge on any atom is -0.271 e. The van der Waals surface area contributed by atoms with Crippen molar-refractivity contribution in [3.8, 4) is 12.3 Å². The first-order valence-corrected chi connectivity index (χ1v) is 5.78. The highest BCUT2D eigenvalue weighted by molar-refractivity contribution is 4.87. The summed E-state index contributed by atoms with van der Waals surface area (Å²) in [6.45, 7) is 0. The van der Waals surface area contributed by atoms with Gasteiger partial charge >= 0.3 is 0 Å². The normalized spacial score (nSPS) is 21.1. The van der Waals surface area contributed by atoms with Gasteiger partial charge in [0.05, 0.1) is 0 Å². The molecule has 0 heterocycles. The van der Waals surface area contributed by atoms with E-state index in [2.05, 4.69) is 11.3 Å². The summed E-state index contributed by atoms with van der Waals surface area (Å²) in [6, 6.07) is 0.434. The largest absolute Gasteiger partial charge is 0.271 e. The van der Waals surface area contributed by atoms with Gasteiger partial charge in [0, 0.05) is 12.5 Å². The van der Waals surface area contributed by atoms with Crippen molar-refractivity contribution in [3.63, 3.8) is 0 Å². The van der Waals surface area contributed by atoms with Crippen molar-refractivity contribution < 1.29 is 0 Å². The highest BCUT2D eigenvalue weighted by Crippen LogP contribution is 2.26. The van der Waals surface area contributed by atoms with Crippen LogP contribution < -0.4 is 11.3 Å². The quantitative estimate of drug-likeness (QED) is 0.312. The first kappa shape index (κ1) is 11.6. The Morgan fingerprint density at radius 2 is 1.93 bits per heavy atom. The SMILES string of the molecule is C#CCCC(NN)C1CCCCCC1. The molecule has 1 aliphatic rings. The van der Waals surface area contributed by atoms with Crippen LogP contribution in [0, 0.1) is 18.3 Å². The lowest BCUT2D eigenvalue weighted by Crippen LogP contribution is -2.40. The summed E-state index contributed by atoms with van der Waals surface area (Å²) in [7, 11) is 0. The average Bonchev–Trinajstić information content (AvgIpc) is 2.48. The Morgan fingerprint density at radius 3 is 2.43 bits per heavy atom. The Bertz CT molecular complexity index is 175. The van der Waals surface area contributed by atoms with Crippen LogP contribution in [0.1, 0.15) is 51.4 Å². The molecule has 0 bridgehead atoms. The van der Waals surface area contributed by atoms with Gasteiger partial charge in [0.15, 0.2) is 0 Å². The van der Waals surface area contributed by atoms with Gasteiger partial charge in [0.1, 0.15) is 0 Å². The fourth-order valence-electron chi connectivity index (χ4n) is 2.41. The molecule has 0 amide bonds. The molecule has 0 aromatic carbocycles. The van der Waals surface area contributed by atoms with Crippen molar-refractivity contribution in [2.24, 2.45) is 11.8 Å². The molecule has 1 saturated carbocycles. The van der Waals surface area contributed by atoms with E-state index in [1.54, 1.807) is 0 Å². The van der Waals surface area contributed by atoms with Gasteiger partial charge in [0.2, 0.25) is 0 Å². The summed E-state index contributed by atoms with van der Waals surface area (Å²) in [5.74, 6) is 9.01. The van der Waals surface area contributed by atoms with Crippen molar-refractivity contribution >= 4 is 0 Å². The molecule has 1 fully saturated rings. The Hall–Kier alpha value is -0.520. The van der Waals surface area contributed by atoms with Crippen molar-refractivity contribution in [3.05, 3.63) is 0 Å². The number of nitrogens with two attached hydrogens (primary N) is 1. The van der Waals surface area contributed by atoms with Crippen molar-refractivity contribution in [2.45, 2.75) is 57.4 Å². The predicted molar refractivity (Wildman–Crippen MR) is 60.4 cm³/mol. The Balaban J connectivity index is 2.36. The molecular weight excluding hydrogens is 172 g/mol. The van der Waals surface area contributed by atoms with E-state index in [1.165, 1.54) is 38.5 Å². The van der Waals surface area contributed by atoms with Crippen LogP contribution in [0.3, 0.4) is 0 Å². The van der Waals surface area contributed by atoms with Gasteiger partial charge in [-0.05, 0) is 25.2 Å². The second-order valence-corrected chi connectivity index (χ2v) is 4.27. The number of nitrogens with one attached hydrogen (secondary N) is 1. The lowest BCUT2D eigenvalue weighted by molar-refractivity contribution is 0.310. The van der Waals surface area contributed by atoms with E-state index < -0.39 is 0 Å². The topological polar surface area (TPSA) is 38.0 Å². The molecule has 2 heteroatoms. The number of rotatable bonds is 4. The number of terminal acetylenes is 1. The molecule has 0 saturated heterocycles. The highest BCUT2D eigenvalue weighted by atomic mass is 15.2. The van der Waals surface area contributed by atoms with Crippen molar-refractivity contribution in [1.82, 2.24) is 5.43 Å². The molecule has 14 heavy (non-hydrogen) atoms. The van der Waals surface area contributed by atoms with Gasteiger partial charge in [-0.2, -0.15) is 0 Å². The molecule has 1 rings (SSSR count). The first-order valence-electron chi connectivity index (χ1n) is 5.78. The zero-order valence-corrected chi connectivity index (χ0v) is 8.97. The number of hydrazine groups is 1. The molecule has 1 unspecified atom stereocenters. The van der Waals surface area contributed by atoms with Crippen LogP contribution in [0.2, 0.25) is 0 Å². The van der Waals surface area contributed by atoms with Gasteiger partial charge in [-0.3, -0.25) is 11.3 Å². The monoisotopic (exact) mass is 194 g/mol. The molecular formula is C12H22N2. The summed E-state index contributed by atoms with van der Waals surface area (Å²) in [6.07, 6.45) is 15.3. The van der Waals surface area contributed by atoms with Crippen molar-refractivity contribution in [2.75, 3.05) is 0 Å². The Labute approximate surface area is 87.6 Å². The van der Waals surface area contributed by atoms with Gasteiger partial charge in [-0.25, -0.2) is 0 Å². The van der Waals surface area contributed by atoms with E-state index in [4.69, 9.17) is 12.3 Å². The second-order valence-electron chi connectivity index (χ2n) is 4.27. The Morgan fingerprint density at radius 1 is 1.29 bits per heavy atom. The zero-order valence-electron chi connectivity index (χ0n) is 8.97. The molecule has 0 aromatic rings. The molecule has 80 valence electrons. The maximum atomic E-state index is 5.58. The smallest absolute Gasteiger partial charge is 0.0247 e. The number of hydrogen-bond acceptors (Lipinski definition) is 2. The Kier molecular flexibility index (Phi) is 5.66. The third kappa shape index (κ3) is 3.69. The van der Waals surface area contributed by atoms with Gasteiger partial charge < -0.3 is 0 Å². The number of hydrogen-bond donors (Lipinski definition) is 2. The second kappa shape index (κ2) is 6.86. The molecule has 3 N–H and O–H groups in total. The van der Waals surface area contributed by atoms with Gasteiger partial charge in [-0.1, -0.05) is 25.7 Å². The van der Waals surface area contributed by atoms with Gasteiger partial charge in [0.25, 0.3) is 0 Å². The fraction of sp³-hybridized carbons (Fsp3) is 0.833. The molecule has 0 aromatic heterocycles.